The van der Waals surface area contributed by atoms with E-state index in [2.05, 4.69) is 0 Å². The molecule has 2 rings (SSSR count). The molecule has 78 valence electrons. The maximum atomic E-state index is 13.0. The van der Waals surface area contributed by atoms with Crippen LogP contribution in [0.3, 0.4) is 0 Å². The summed E-state index contributed by atoms with van der Waals surface area (Å²) in [7, 11) is 0. The van der Waals surface area contributed by atoms with Crippen molar-refractivity contribution in [1.82, 2.24) is 4.57 Å². The van der Waals surface area contributed by atoms with E-state index in [4.69, 9.17) is 5.11 Å². The van der Waals surface area contributed by atoms with Crippen molar-refractivity contribution in [2.75, 3.05) is 0 Å². The van der Waals surface area contributed by atoms with Crippen molar-refractivity contribution in [2.24, 2.45) is 0 Å². The van der Waals surface area contributed by atoms with Gasteiger partial charge >= 0.3 is 0 Å². The van der Waals surface area contributed by atoms with E-state index in [-0.39, 0.29) is 17.4 Å². The Bertz CT molecular complexity index is 488. The van der Waals surface area contributed by atoms with Crippen LogP contribution in [0.4, 0.5) is 4.39 Å². The molecular formula is C10H8FNO3. The van der Waals surface area contributed by atoms with Crippen LogP contribution in [0, 0.1) is 5.82 Å². The van der Waals surface area contributed by atoms with Crippen molar-refractivity contribution in [1.29, 1.82) is 0 Å². The first-order chi connectivity index (χ1) is 7.09. The van der Waals surface area contributed by atoms with Crippen LogP contribution in [-0.4, -0.2) is 19.9 Å². The van der Waals surface area contributed by atoms with Crippen molar-refractivity contribution in [2.45, 2.75) is 0 Å². The Kier molecular flexibility index (Phi) is 2.00. The molecule has 0 spiro atoms. The molecule has 1 heterocycles. The molecule has 0 fully saturated rings. The van der Waals surface area contributed by atoms with Gasteiger partial charge in [0.25, 0.3) is 0 Å². The number of aromatic hydroxyl groups is 3. The maximum absolute atomic E-state index is 13.0. The normalized spacial score (nSPS) is 10.5. The first kappa shape index (κ1) is 9.39. The summed E-state index contributed by atoms with van der Waals surface area (Å²) in [5.41, 5.74) is 0.227. The van der Waals surface area contributed by atoms with Gasteiger partial charge in [-0.1, -0.05) is 0 Å². The predicted octanol–water partition coefficient (Wildman–Crippen LogP) is 1.73. The summed E-state index contributed by atoms with van der Waals surface area (Å²) >= 11 is 0. The van der Waals surface area contributed by atoms with Gasteiger partial charge in [-0.3, -0.25) is 4.57 Å². The number of hydrogen-bond acceptors (Lipinski definition) is 3. The predicted molar refractivity (Wildman–Crippen MR) is 50.7 cm³/mol. The van der Waals surface area contributed by atoms with Crippen molar-refractivity contribution >= 4 is 0 Å². The Labute approximate surface area is 84.5 Å². The van der Waals surface area contributed by atoms with Gasteiger partial charge in [-0.2, -0.15) is 0 Å². The maximum Gasteiger partial charge on any atom is 0.198 e. The number of hydrogen-bond donors (Lipinski definition) is 3. The second-order valence-corrected chi connectivity index (χ2v) is 3.02. The average Bonchev–Trinajstić information content (AvgIpc) is 2.52. The minimum Gasteiger partial charge on any atom is -0.505 e. The highest BCUT2D eigenvalue weighted by atomic mass is 19.1. The van der Waals surface area contributed by atoms with Crippen LogP contribution in [0.5, 0.6) is 17.5 Å². The van der Waals surface area contributed by atoms with Gasteiger partial charge in [0.2, 0.25) is 0 Å². The minimum atomic E-state index is -0.819. The van der Waals surface area contributed by atoms with Crippen LogP contribution >= 0.6 is 0 Å². The van der Waals surface area contributed by atoms with E-state index in [1.165, 1.54) is 18.2 Å². The smallest absolute Gasteiger partial charge is 0.198 e. The molecule has 5 heteroatoms. The molecule has 4 nitrogen and oxygen atoms in total. The first-order valence-electron chi connectivity index (χ1n) is 4.18. The Morgan fingerprint density at radius 2 is 1.53 bits per heavy atom. The second kappa shape index (κ2) is 3.20. The van der Waals surface area contributed by atoms with E-state index in [0.29, 0.717) is 0 Å². The number of nitrogens with zero attached hydrogens (tertiary/aromatic N) is 1. The van der Waals surface area contributed by atoms with E-state index in [1.807, 2.05) is 0 Å². The fraction of sp³-hybridized carbons (Fsp3) is 0. The molecule has 0 radical (unpaired) electrons. The fourth-order valence-corrected chi connectivity index (χ4v) is 1.31. The van der Waals surface area contributed by atoms with Crippen LogP contribution < -0.4 is 0 Å². The summed E-state index contributed by atoms with van der Waals surface area (Å²) in [6.07, 6.45) is 0. The second-order valence-electron chi connectivity index (χ2n) is 3.02. The highest BCUT2D eigenvalue weighted by molar-refractivity contribution is 5.44. The molecule has 0 aliphatic rings. The van der Waals surface area contributed by atoms with E-state index < -0.39 is 11.6 Å². The largest absolute Gasteiger partial charge is 0.505 e. The van der Waals surface area contributed by atoms with Gasteiger partial charge in [0.1, 0.15) is 0 Å². The molecule has 0 unspecified atom stereocenters. The van der Waals surface area contributed by atoms with E-state index >= 15 is 0 Å². The molecule has 3 N–H and O–H groups in total. The van der Waals surface area contributed by atoms with E-state index in [0.717, 1.165) is 16.7 Å². The summed E-state index contributed by atoms with van der Waals surface area (Å²) in [6, 6.07) is 6.08. The lowest BCUT2D eigenvalue weighted by Crippen LogP contribution is -1.93. The summed E-state index contributed by atoms with van der Waals surface area (Å²) in [5, 5.41) is 27.7. The molecule has 2 aromatic rings. The molecule has 0 saturated heterocycles. The third-order valence-corrected chi connectivity index (χ3v) is 2.03. The third kappa shape index (κ3) is 1.48. The van der Waals surface area contributed by atoms with Crippen LogP contribution in [0.25, 0.3) is 5.69 Å². The standard InChI is InChI=1S/C10H8FNO3/c11-7-5-6(1-2-8(7)13)12-9(14)3-4-10(12)15/h1-5,13-15H. The number of aromatic nitrogens is 1. The molecular weight excluding hydrogens is 201 g/mol. The van der Waals surface area contributed by atoms with Gasteiger partial charge in [-0.25, -0.2) is 4.39 Å². The lowest BCUT2D eigenvalue weighted by atomic mass is 10.3. The molecule has 1 aromatic carbocycles. The fourth-order valence-electron chi connectivity index (χ4n) is 1.31. The van der Waals surface area contributed by atoms with Crippen molar-refractivity contribution < 1.29 is 19.7 Å². The molecule has 0 aliphatic heterocycles. The van der Waals surface area contributed by atoms with Crippen LogP contribution in [0.15, 0.2) is 30.3 Å². The van der Waals surface area contributed by atoms with Crippen LogP contribution in [0.2, 0.25) is 0 Å². The van der Waals surface area contributed by atoms with Crippen molar-refractivity contribution in [3.63, 3.8) is 0 Å². The number of halogens is 1. The highest BCUT2D eigenvalue weighted by Crippen LogP contribution is 2.28. The highest BCUT2D eigenvalue weighted by Gasteiger charge is 2.10. The molecule has 0 atom stereocenters. The van der Waals surface area contributed by atoms with Gasteiger partial charge in [0, 0.05) is 18.2 Å². The summed E-state index contributed by atoms with van der Waals surface area (Å²) in [5.74, 6) is -1.72. The van der Waals surface area contributed by atoms with Crippen molar-refractivity contribution in [3.8, 4) is 23.2 Å². The summed E-state index contributed by atoms with van der Waals surface area (Å²) in [6.45, 7) is 0. The monoisotopic (exact) mass is 209 g/mol. The van der Waals surface area contributed by atoms with Gasteiger partial charge in [-0.05, 0) is 12.1 Å². The lowest BCUT2D eigenvalue weighted by molar-refractivity contribution is 0.401. The Morgan fingerprint density at radius 1 is 0.933 bits per heavy atom. The average molecular weight is 209 g/mol. The van der Waals surface area contributed by atoms with E-state index in [9.17, 15) is 14.6 Å². The minimum absolute atomic E-state index is 0.211. The number of phenolic OH excluding ortho intramolecular Hbond substituents is 1. The number of rotatable bonds is 1. The number of phenols is 1. The molecule has 0 amide bonds. The Hall–Kier alpha value is -2.17. The topological polar surface area (TPSA) is 65.6 Å². The van der Waals surface area contributed by atoms with Crippen molar-refractivity contribution in [3.05, 3.63) is 36.1 Å². The van der Waals surface area contributed by atoms with Gasteiger partial charge in [0.05, 0.1) is 5.69 Å². The SMILES string of the molecule is Oc1ccc(-n2c(O)ccc2O)cc1F. The Morgan fingerprint density at radius 3 is 2.07 bits per heavy atom. The van der Waals surface area contributed by atoms with Crippen LogP contribution in [0.1, 0.15) is 0 Å². The molecule has 0 saturated carbocycles. The summed E-state index contributed by atoms with van der Waals surface area (Å²) < 4.78 is 14.1. The summed E-state index contributed by atoms with van der Waals surface area (Å²) in [4.78, 5) is 0. The molecule has 15 heavy (non-hydrogen) atoms. The molecule has 0 bridgehead atoms. The van der Waals surface area contributed by atoms with E-state index in [1.54, 1.807) is 0 Å². The Balaban J connectivity index is 2.59. The number of benzene rings is 1. The zero-order valence-electron chi connectivity index (χ0n) is 7.55. The zero-order chi connectivity index (χ0) is 11.0. The molecule has 1 aromatic heterocycles. The van der Waals surface area contributed by atoms with Crippen LogP contribution in [-0.2, 0) is 0 Å². The lowest BCUT2D eigenvalue weighted by Gasteiger charge is -2.06. The quantitative estimate of drug-likeness (QED) is 0.670. The zero-order valence-corrected chi connectivity index (χ0v) is 7.55. The van der Waals surface area contributed by atoms with Gasteiger partial charge in [0.15, 0.2) is 23.3 Å². The third-order valence-electron chi connectivity index (χ3n) is 2.03. The first-order valence-corrected chi connectivity index (χ1v) is 4.18. The van der Waals surface area contributed by atoms with Gasteiger partial charge in [-0.15, -0.1) is 0 Å². The van der Waals surface area contributed by atoms with Gasteiger partial charge < -0.3 is 15.3 Å². The molecule has 0 aliphatic carbocycles.